The van der Waals surface area contributed by atoms with Crippen LogP contribution < -0.4 is 14.4 Å². The van der Waals surface area contributed by atoms with Crippen LogP contribution in [0.3, 0.4) is 0 Å². The van der Waals surface area contributed by atoms with E-state index in [1.165, 1.54) is 28.6 Å². The summed E-state index contributed by atoms with van der Waals surface area (Å²) in [6.45, 7) is 2.83. The van der Waals surface area contributed by atoms with Crippen molar-refractivity contribution in [2.45, 2.75) is 36.0 Å². The predicted molar refractivity (Wildman–Crippen MR) is 150 cm³/mol. The Bertz CT molecular complexity index is 1450. The summed E-state index contributed by atoms with van der Waals surface area (Å²) >= 11 is 0. The SMILES string of the molecule is Cc1ccc(N(CC(=O)NCCOc2ccc(S(=O)(=O)N3CCCCC3)cc2)S(=O)(=O)c2ccccc2)cc1. The number of ether oxygens (including phenoxy) is 1. The molecule has 0 spiro atoms. The number of piperidine rings is 1. The molecule has 0 bridgehead atoms. The zero-order valence-corrected chi connectivity index (χ0v) is 23.5. The van der Waals surface area contributed by atoms with E-state index in [0.717, 1.165) is 29.1 Å². The number of amides is 1. The van der Waals surface area contributed by atoms with Crippen LogP contribution in [-0.2, 0) is 24.8 Å². The van der Waals surface area contributed by atoms with Crippen LogP contribution in [0.4, 0.5) is 5.69 Å². The van der Waals surface area contributed by atoms with E-state index in [2.05, 4.69) is 5.32 Å². The highest BCUT2D eigenvalue weighted by atomic mass is 32.2. The van der Waals surface area contributed by atoms with Crippen LogP contribution in [0.5, 0.6) is 5.75 Å². The molecule has 0 saturated carbocycles. The van der Waals surface area contributed by atoms with Crippen molar-refractivity contribution < 1.29 is 26.4 Å². The van der Waals surface area contributed by atoms with Gasteiger partial charge >= 0.3 is 0 Å². The lowest BCUT2D eigenvalue weighted by molar-refractivity contribution is -0.119. The maximum atomic E-state index is 13.3. The first kappa shape index (κ1) is 28.6. The Morgan fingerprint density at radius 3 is 2.13 bits per heavy atom. The van der Waals surface area contributed by atoms with E-state index in [1.54, 1.807) is 54.6 Å². The molecule has 1 N–H and O–H groups in total. The first-order valence-corrected chi connectivity index (χ1v) is 15.7. The van der Waals surface area contributed by atoms with Crippen LogP contribution in [0.2, 0.25) is 0 Å². The quantitative estimate of drug-likeness (QED) is 0.352. The Morgan fingerprint density at radius 1 is 0.846 bits per heavy atom. The van der Waals surface area contributed by atoms with E-state index in [4.69, 9.17) is 4.74 Å². The molecule has 39 heavy (non-hydrogen) atoms. The van der Waals surface area contributed by atoms with Gasteiger partial charge in [-0.15, -0.1) is 0 Å². The minimum Gasteiger partial charge on any atom is -0.492 e. The first-order valence-electron chi connectivity index (χ1n) is 12.8. The molecule has 11 heteroatoms. The van der Waals surface area contributed by atoms with Crippen molar-refractivity contribution in [3.8, 4) is 5.75 Å². The van der Waals surface area contributed by atoms with Crippen molar-refractivity contribution in [2.24, 2.45) is 0 Å². The second-order valence-electron chi connectivity index (χ2n) is 9.29. The maximum absolute atomic E-state index is 13.3. The fraction of sp³-hybridized carbons (Fsp3) is 0.321. The zero-order valence-electron chi connectivity index (χ0n) is 21.8. The van der Waals surface area contributed by atoms with Crippen LogP contribution >= 0.6 is 0 Å². The summed E-state index contributed by atoms with van der Waals surface area (Å²) in [6.07, 6.45) is 2.78. The number of anilines is 1. The Kier molecular flexibility index (Phi) is 9.26. The molecule has 1 aliphatic rings. The van der Waals surface area contributed by atoms with Gasteiger partial charge in [0, 0.05) is 13.1 Å². The lowest BCUT2D eigenvalue weighted by Crippen LogP contribution is -2.41. The van der Waals surface area contributed by atoms with Gasteiger partial charge in [0.1, 0.15) is 18.9 Å². The summed E-state index contributed by atoms with van der Waals surface area (Å²) < 4.78 is 60.5. The predicted octanol–water partition coefficient (Wildman–Crippen LogP) is 3.56. The van der Waals surface area contributed by atoms with Gasteiger partial charge in [-0.25, -0.2) is 16.8 Å². The molecule has 9 nitrogen and oxygen atoms in total. The second-order valence-corrected chi connectivity index (χ2v) is 13.1. The van der Waals surface area contributed by atoms with Crippen LogP contribution in [0, 0.1) is 6.92 Å². The maximum Gasteiger partial charge on any atom is 0.264 e. The van der Waals surface area contributed by atoms with Crippen molar-refractivity contribution in [3.05, 3.63) is 84.4 Å². The van der Waals surface area contributed by atoms with Crippen LogP contribution in [-0.4, -0.2) is 59.8 Å². The Balaban J connectivity index is 1.33. The van der Waals surface area contributed by atoms with E-state index in [9.17, 15) is 21.6 Å². The topological polar surface area (TPSA) is 113 Å². The van der Waals surface area contributed by atoms with Gasteiger partial charge in [-0.2, -0.15) is 4.31 Å². The number of sulfonamides is 2. The molecule has 208 valence electrons. The minimum absolute atomic E-state index is 0.0902. The highest BCUT2D eigenvalue weighted by Crippen LogP contribution is 2.24. The Hall–Kier alpha value is -3.41. The molecular weight excluding hydrogens is 538 g/mol. The molecule has 0 unspecified atom stereocenters. The highest BCUT2D eigenvalue weighted by molar-refractivity contribution is 7.92. The second kappa shape index (κ2) is 12.6. The van der Waals surface area contributed by atoms with Crippen molar-refractivity contribution in [1.29, 1.82) is 0 Å². The summed E-state index contributed by atoms with van der Waals surface area (Å²) in [7, 11) is -7.49. The van der Waals surface area contributed by atoms with Gasteiger partial charge in [0.05, 0.1) is 22.0 Å². The number of benzene rings is 3. The molecule has 0 radical (unpaired) electrons. The lowest BCUT2D eigenvalue weighted by atomic mass is 10.2. The number of hydrogen-bond acceptors (Lipinski definition) is 6. The highest BCUT2D eigenvalue weighted by Gasteiger charge is 2.27. The van der Waals surface area contributed by atoms with E-state index in [1.807, 2.05) is 6.92 Å². The monoisotopic (exact) mass is 571 g/mol. The molecule has 1 saturated heterocycles. The molecule has 0 atom stereocenters. The third kappa shape index (κ3) is 7.17. The van der Waals surface area contributed by atoms with Gasteiger partial charge in [0.15, 0.2) is 0 Å². The molecule has 1 heterocycles. The van der Waals surface area contributed by atoms with E-state index < -0.39 is 32.5 Å². The van der Waals surface area contributed by atoms with Crippen molar-refractivity contribution in [2.75, 3.05) is 37.1 Å². The molecule has 0 aromatic heterocycles. The summed E-state index contributed by atoms with van der Waals surface area (Å²) in [5.41, 5.74) is 1.35. The van der Waals surface area contributed by atoms with Gasteiger partial charge in [0.25, 0.3) is 10.0 Å². The number of aryl methyl sites for hydroxylation is 1. The lowest BCUT2D eigenvalue weighted by Gasteiger charge is -2.25. The normalized spacial score (nSPS) is 14.5. The smallest absolute Gasteiger partial charge is 0.264 e. The van der Waals surface area contributed by atoms with E-state index in [0.29, 0.717) is 24.5 Å². The van der Waals surface area contributed by atoms with Crippen molar-refractivity contribution in [1.82, 2.24) is 9.62 Å². The Labute approximate surface area is 230 Å². The fourth-order valence-corrected chi connectivity index (χ4v) is 7.21. The molecule has 4 rings (SSSR count). The third-order valence-electron chi connectivity index (χ3n) is 6.41. The molecule has 3 aromatic carbocycles. The van der Waals surface area contributed by atoms with Crippen LogP contribution in [0.25, 0.3) is 0 Å². The molecule has 1 aliphatic heterocycles. The molecule has 1 amide bonds. The van der Waals surface area contributed by atoms with Gasteiger partial charge in [-0.3, -0.25) is 9.10 Å². The van der Waals surface area contributed by atoms with Gasteiger partial charge < -0.3 is 10.1 Å². The fourth-order valence-electron chi connectivity index (χ4n) is 4.25. The Morgan fingerprint density at radius 2 is 1.49 bits per heavy atom. The molecular formula is C28H33N3O6S2. The zero-order chi connectivity index (χ0) is 27.9. The number of nitrogens with zero attached hydrogens (tertiary/aromatic N) is 2. The van der Waals surface area contributed by atoms with Crippen LogP contribution in [0.15, 0.2) is 88.7 Å². The number of carbonyl (C=O) groups excluding carboxylic acids is 1. The molecule has 0 aliphatic carbocycles. The van der Waals surface area contributed by atoms with Crippen molar-refractivity contribution in [3.63, 3.8) is 0 Å². The summed E-state index contributed by atoms with van der Waals surface area (Å²) in [6, 6.07) is 21.1. The third-order valence-corrected chi connectivity index (χ3v) is 10.1. The largest absolute Gasteiger partial charge is 0.492 e. The average Bonchev–Trinajstić information content (AvgIpc) is 2.96. The van der Waals surface area contributed by atoms with Crippen LogP contribution in [0.1, 0.15) is 24.8 Å². The summed E-state index contributed by atoms with van der Waals surface area (Å²) in [5, 5.41) is 2.69. The first-order chi connectivity index (χ1) is 18.7. The molecule has 1 fully saturated rings. The van der Waals surface area contributed by atoms with E-state index in [-0.39, 0.29) is 22.9 Å². The summed E-state index contributed by atoms with van der Waals surface area (Å²) in [5.74, 6) is -0.0172. The number of nitrogens with one attached hydrogen (secondary N) is 1. The number of carbonyl (C=O) groups is 1. The van der Waals surface area contributed by atoms with Crippen molar-refractivity contribution >= 4 is 31.6 Å². The average molecular weight is 572 g/mol. The van der Waals surface area contributed by atoms with E-state index >= 15 is 0 Å². The number of hydrogen-bond donors (Lipinski definition) is 1. The standard InChI is InChI=1S/C28H33N3O6S2/c1-23-10-12-24(13-11-23)31(39(35,36)26-8-4-2-5-9-26)22-28(32)29-18-21-37-25-14-16-27(17-15-25)38(33,34)30-19-6-3-7-20-30/h2,4-5,8-17H,3,6-7,18-22H2,1H3,(H,29,32). The van der Waals surface area contributed by atoms with Gasteiger partial charge in [0.2, 0.25) is 15.9 Å². The summed E-state index contributed by atoms with van der Waals surface area (Å²) in [4.78, 5) is 13.1. The number of rotatable bonds is 11. The molecule has 3 aromatic rings. The minimum atomic E-state index is -3.97. The van der Waals surface area contributed by atoms with Gasteiger partial charge in [-0.05, 0) is 68.3 Å². The van der Waals surface area contributed by atoms with Gasteiger partial charge in [-0.1, -0.05) is 42.3 Å².